The van der Waals surface area contributed by atoms with Crippen LogP contribution < -0.4 is 5.19 Å². The molecular weight excluding hydrogens is 662 g/mol. The molecule has 268 valence electrons. The molecule has 8 bridgehead atoms. The summed E-state index contributed by atoms with van der Waals surface area (Å²) in [6.07, 6.45) is 19.0. The third kappa shape index (κ3) is 7.89. The summed E-state index contributed by atoms with van der Waals surface area (Å²) in [6, 6.07) is 16.3. The minimum absolute atomic E-state index is 0. The monoisotopic (exact) mass is 730 g/mol. The van der Waals surface area contributed by atoms with Crippen LogP contribution in [0.1, 0.15) is 117 Å². The van der Waals surface area contributed by atoms with Gasteiger partial charge in [-0.1, -0.05) is 75.3 Å². The second kappa shape index (κ2) is 14.0. The van der Waals surface area contributed by atoms with Crippen molar-refractivity contribution in [1.82, 2.24) is 0 Å². The van der Waals surface area contributed by atoms with Crippen LogP contribution in [0, 0.1) is 47.3 Å². The Morgan fingerprint density at radius 3 is 1.43 bits per heavy atom. The van der Waals surface area contributed by atoms with Crippen molar-refractivity contribution in [1.29, 1.82) is 0 Å². The van der Waals surface area contributed by atoms with Crippen molar-refractivity contribution < 1.29 is 17.1 Å². The molecule has 8 aliphatic carbocycles. The molecule has 8 fully saturated rings. The van der Waals surface area contributed by atoms with Crippen molar-refractivity contribution in [3.8, 4) is 0 Å². The standard InChI is InChI=1S/C35H55P2.C8H13Si.Fe/c1-34(2,3)37(35(4,5)6)21-27-9-7-8-26(27)20-36(32-28-12-22-10-23(14-28)15-29(32)13-22)33-30-16-24-11-25(18-30)19-31(33)17-24;1-9(2,3)8-6-4-5-7-8;/h7-9,22-25,28-33H,10-21H2,1-6H3;4-7H,1-3H3;/q-1;-5;. The van der Waals surface area contributed by atoms with Gasteiger partial charge >= 0.3 is 0 Å². The van der Waals surface area contributed by atoms with Crippen LogP contribution in [0.15, 0.2) is 42.5 Å². The summed E-state index contributed by atoms with van der Waals surface area (Å²) < 4.78 is 0. The summed E-state index contributed by atoms with van der Waals surface area (Å²) in [7, 11) is -0.958. The summed E-state index contributed by atoms with van der Waals surface area (Å²) in [4.78, 5) is 0. The van der Waals surface area contributed by atoms with E-state index >= 15 is 0 Å². The van der Waals surface area contributed by atoms with E-state index in [-0.39, 0.29) is 32.9 Å². The maximum Gasteiger partial charge on any atom is 0 e. The summed E-state index contributed by atoms with van der Waals surface area (Å²) in [5.41, 5.74) is 5.82. The molecule has 0 radical (unpaired) electrons. The predicted octanol–water partition coefficient (Wildman–Crippen LogP) is 12.6. The molecule has 0 heterocycles. The van der Waals surface area contributed by atoms with Gasteiger partial charge in [0, 0.05) is 17.1 Å². The molecule has 0 saturated heterocycles. The van der Waals surface area contributed by atoms with Crippen LogP contribution in [0.2, 0.25) is 19.6 Å². The Labute approximate surface area is 304 Å². The van der Waals surface area contributed by atoms with Gasteiger partial charge in [-0.3, -0.25) is 0 Å². The SMILES string of the molecule is CC(C)(C)P(C[c-]1cccc1CP(C1C2CC3CC(C2)CC1C3)C1C2CC3CC(C2)CC1C3)C(C)(C)C.C[Si](C)(C)[c-]1[cH-][cH-][cH-][cH-]1.[Fe]. The molecule has 8 saturated carbocycles. The van der Waals surface area contributed by atoms with Crippen LogP contribution in [0.25, 0.3) is 0 Å². The third-order valence-corrected chi connectivity index (χ3v) is 23.8. The smallest absolute Gasteiger partial charge is 0 e. The molecule has 2 aromatic rings. The van der Waals surface area contributed by atoms with Gasteiger partial charge in [0.2, 0.25) is 0 Å². The van der Waals surface area contributed by atoms with Crippen molar-refractivity contribution in [3.05, 3.63) is 53.6 Å². The van der Waals surface area contributed by atoms with E-state index in [2.05, 4.69) is 104 Å². The zero-order chi connectivity index (χ0) is 32.6. The summed E-state index contributed by atoms with van der Waals surface area (Å²) in [5, 5.41) is 2.38. The van der Waals surface area contributed by atoms with E-state index in [1.807, 2.05) is 5.56 Å². The second-order valence-electron chi connectivity index (χ2n) is 20.4. The number of hydrogen-bond donors (Lipinski definition) is 0. The topological polar surface area (TPSA) is 0 Å². The van der Waals surface area contributed by atoms with E-state index in [0.29, 0.717) is 10.3 Å². The zero-order valence-corrected chi connectivity index (χ0v) is 35.4. The van der Waals surface area contributed by atoms with Crippen molar-refractivity contribution in [2.24, 2.45) is 47.3 Å². The minimum atomic E-state index is -0.981. The molecule has 2 aromatic carbocycles. The summed E-state index contributed by atoms with van der Waals surface area (Å²) >= 11 is 0. The first-order valence-corrected chi connectivity index (χ1v) is 26.3. The van der Waals surface area contributed by atoms with Crippen molar-refractivity contribution >= 4 is 29.1 Å². The van der Waals surface area contributed by atoms with Gasteiger partial charge in [0.15, 0.2) is 0 Å². The Morgan fingerprint density at radius 1 is 0.681 bits per heavy atom. The molecule has 47 heavy (non-hydrogen) atoms. The van der Waals surface area contributed by atoms with Crippen molar-refractivity contribution in [2.45, 2.75) is 159 Å². The molecule has 10 rings (SSSR count). The van der Waals surface area contributed by atoms with E-state index in [9.17, 15) is 0 Å². The van der Waals surface area contributed by atoms with Gasteiger partial charge in [0.25, 0.3) is 0 Å². The molecule has 0 amide bonds. The molecule has 0 nitrogen and oxygen atoms in total. The maximum atomic E-state index is 2.61. The Hall–Kier alpha value is 0.296. The average Bonchev–Trinajstić information content (AvgIpc) is 3.62. The van der Waals surface area contributed by atoms with Crippen LogP contribution in [0.3, 0.4) is 0 Å². The quantitative estimate of drug-likeness (QED) is 0.151. The predicted molar refractivity (Wildman–Crippen MR) is 209 cm³/mol. The minimum Gasteiger partial charge on any atom is -0.748 e. The zero-order valence-electron chi connectivity index (χ0n) is 31.5. The van der Waals surface area contributed by atoms with E-state index in [1.165, 1.54) is 12.3 Å². The van der Waals surface area contributed by atoms with Gasteiger partial charge in [0.05, 0.1) is 0 Å². The van der Waals surface area contributed by atoms with Gasteiger partial charge in [-0.15, -0.1) is 21.6 Å². The largest absolute Gasteiger partial charge is 0.748 e. The molecular formula is C43H68FeP2Si-6. The molecule has 8 aliphatic rings. The number of rotatable bonds is 7. The van der Waals surface area contributed by atoms with Crippen molar-refractivity contribution in [2.75, 3.05) is 0 Å². The first kappa shape index (κ1) is 37.1. The molecule has 0 aliphatic heterocycles. The van der Waals surface area contributed by atoms with Crippen molar-refractivity contribution in [3.63, 3.8) is 0 Å². The Bertz CT molecular complexity index is 1190. The van der Waals surface area contributed by atoms with Crippen LogP contribution in [0.5, 0.6) is 0 Å². The van der Waals surface area contributed by atoms with Gasteiger partial charge in [-0.25, -0.2) is 12.1 Å². The van der Waals surface area contributed by atoms with E-state index in [0.717, 1.165) is 58.7 Å². The molecule has 0 N–H and O–H groups in total. The fourth-order valence-corrected chi connectivity index (χ4v) is 22.3. The Kier molecular flexibility index (Phi) is 11.1. The first-order chi connectivity index (χ1) is 21.6. The van der Waals surface area contributed by atoms with Gasteiger partial charge in [-0.05, 0) is 139 Å². The van der Waals surface area contributed by atoms with Gasteiger partial charge in [-0.2, -0.15) is 11.6 Å². The van der Waals surface area contributed by atoms with Crippen LogP contribution in [-0.4, -0.2) is 29.7 Å². The maximum absolute atomic E-state index is 2.61. The van der Waals surface area contributed by atoms with Gasteiger partial charge < -0.3 is 29.5 Å². The average molecular weight is 731 g/mol. The fraction of sp³-hybridized carbons (Fsp3) is 0.767. The van der Waals surface area contributed by atoms with Crippen LogP contribution in [-0.2, 0) is 29.4 Å². The molecule has 0 atom stereocenters. The fourth-order valence-electron chi connectivity index (χ4n) is 12.8. The molecule has 0 unspecified atom stereocenters. The summed E-state index contributed by atoms with van der Waals surface area (Å²) in [5.74, 6) is 8.91. The Balaban J connectivity index is 0.000000337. The summed E-state index contributed by atoms with van der Waals surface area (Å²) in [6.45, 7) is 22.2. The van der Waals surface area contributed by atoms with Crippen LogP contribution >= 0.6 is 15.8 Å². The molecule has 4 heteroatoms. The van der Waals surface area contributed by atoms with E-state index < -0.39 is 8.07 Å². The van der Waals surface area contributed by atoms with E-state index in [1.54, 1.807) is 75.0 Å². The Morgan fingerprint density at radius 2 is 1.09 bits per heavy atom. The first-order valence-electron chi connectivity index (χ1n) is 19.6. The molecule has 0 aromatic heterocycles. The van der Waals surface area contributed by atoms with Gasteiger partial charge in [0.1, 0.15) is 0 Å². The molecule has 0 spiro atoms. The number of hydrogen-bond acceptors (Lipinski definition) is 0. The third-order valence-electron chi connectivity index (χ3n) is 14.0. The van der Waals surface area contributed by atoms with Crippen LogP contribution in [0.4, 0.5) is 0 Å². The normalized spacial score (nSPS) is 36.3. The van der Waals surface area contributed by atoms with E-state index in [4.69, 9.17) is 0 Å². The second-order valence-corrected chi connectivity index (χ2v) is 31.9.